The number of fused-ring (bicyclic) bond motifs is 1. The molecule has 0 bridgehead atoms. The molecule has 2 aromatic carbocycles. The van der Waals surface area contributed by atoms with Crippen LogP contribution in [0.1, 0.15) is 25.6 Å². The van der Waals surface area contributed by atoms with Gasteiger partial charge in [0.15, 0.2) is 0 Å². The van der Waals surface area contributed by atoms with E-state index in [1.54, 1.807) is 19.1 Å². The van der Waals surface area contributed by atoms with Crippen molar-refractivity contribution in [3.05, 3.63) is 60.4 Å². The predicted octanol–water partition coefficient (Wildman–Crippen LogP) is 3.43. The summed E-state index contributed by atoms with van der Waals surface area (Å²) >= 11 is 0. The minimum atomic E-state index is -3.71. The third kappa shape index (κ3) is 3.89. The van der Waals surface area contributed by atoms with Crippen LogP contribution in [0.5, 0.6) is 0 Å². The largest absolute Gasteiger partial charge is 0.459 e. The third-order valence-electron chi connectivity index (χ3n) is 3.69. The minimum absolute atomic E-state index is 0.115. The van der Waals surface area contributed by atoms with E-state index in [9.17, 15) is 13.2 Å². The predicted molar refractivity (Wildman–Crippen MR) is 95.7 cm³/mol. The van der Waals surface area contributed by atoms with E-state index in [0.29, 0.717) is 17.0 Å². The molecule has 1 amide bonds. The molecule has 0 saturated carbocycles. The molecule has 0 aliphatic heterocycles. The number of hydrogen-bond acceptors (Lipinski definition) is 4. The van der Waals surface area contributed by atoms with E-state index >= 15 is 0 Å². The van der Waals surface area contributed by atoms with E-state index in [4.69, 9.17) is 4.42 Å². The molecule has 25 heavy (non-hydrogen) atoms. The zero-order valence-corrected chi connectivity index (χ0v) is 14.6. The average Bonchev–Trinajstić information content (AvgIpc) is 2.98. The van der Waals surface area contributed by atoms with Crippen LogP contribution in [0.3, 0.4) is 0 Å². The topological polar surface area (TPSA) is 88.4 Å². The highest BCUT2D eigenvalue weighted by atomic mass is 32.2. The maximum absolute atomic E-state index is 12.5. The van der Waals surface area contributed by atoms with E-state index in [1.165, 1.54) is 19.1 Å². The molecule has 0 aliphatic rings. The summed E-state index contributed by atoms with van der Waals surface area (Å²) in [5.74, 6) is 0.326. The van der Waals surface area contributed by atoms with Crippen molar-refractivity contribution >= 4 is 32.6 Å². The lowest BCUT2D eigenvalue weighted by Gasteiger charge is -2.12. The molecule has 1 aromatic heterocycles. The molecule has 1 heterocycles. The number of anilines is 1. The molecular formula is C18H18N2O4S. The minimum Gasteiger partial charge on any atom is -0.459 e. The maximum Gasteiger partial charge on any atom is 0.241 e. The average molecular weight is 358 g/mol. The lowest BCUT2D eigenvalue weighted by atomic mass is 10.2. The maximum atomic E-state index is 12.5. The van der Waals surface area contributed by atoms with Gasteiger partial charge in [0.2, 0.25) is 15.9 Å². The van der Waals surface area contributed by atoms with Crippen LogP contribution in [-0.4, -0.2) is 14.3 Å². The highest BCUT2D eigenvalue weighted by molar-refractivity contribution is 7.89. The first-order chi connectivity index (χ1) is 11.8. The number of furan rings is 1. The standard InChI is InChI=1S/C18H18N2O4S/c1-12(18-11-14-5-3-4-6-17(14)24-18)20-25(22,23)16-9-7-15(8-10-16)19-13(2)21/h3-12,20H,1-2H3,(H,19,21)/t12-/m0/s1. The first-order valence-electron chi connectivity index (χ1n) is 7.73. The molecule has 130 valence electrons. The molecular weight excluding hydrogens is 340 g/mol. The number of sulfonamides is 1. The summed E-state index contributed by atoms with van der Waals surface area (Å²) in [6.07, 6.45) is 0. The number of amides is 1. The van der Waals surface area contributed by atoms with E-state index < -0.39 is 16.1 Å². The summed E-state index contributed by atoms with van der Waals surface area (Å²) < 4.78 is 33.4. The third-order valence-corrected chi connectivity index (χ3v) is 5.24. The van der Waals surface area contributed by atoms with Gasteiger partial charge < -0.3 is 9.73 Å². The molecule has 0 radical (unpaired) electrons. The fourth-order valence-electron chi connectivity index (χ4n) is 2.50. The summed E-state index contributed by atoms with van der Waals surface area (Å²) in [5.41, 5.74) is 1.25. The molecule has 1 atom stereocenters. The first kappa shape index (κ1) is 17.2. The monoisotopic (exact) mass is 358 g/mol. The highest BCUT2D eigenvalue weighted by Crippen LogP contribution is 2.25. The van der Waals surface area contributed by atoms with Crippen LogP contribution in [-0.2, 0) is 14.8 Å². The van der Waals surface area contributed by atoms with Gasteiger partial charge in [-0.2, -0.15) is 0 Å². The summed E-state index contributed by atoms with van der Waals surface area (Å²) in [6, 6.07) is 14.8. The van der Waals surface area contributed by atoms with Gasteiger partial charge >= 0.3 is 0 Å². The fraction of sp³-hybridized carbons (Fsp3) is 0.167. The zero-order valence-electron chi connectivity index (χ0n) is 13.8. The highest BCUT2D eigenvalue weighted by Gasteiger charge is 2.20. The Hall–Kier alpha value is -2.64. The summed E-state index contributed by atoms with van der Waals surface area (Å²) in [6.45, 7) is 3.11. The fourth-order valence-corrected chi connectivity index (χ4v) is 3.71. The summed E-state index contributed by atoms with van der Waals surface area (Å²) in [7, 11) is -3.71. The van der Waals surface area contributed by atoms with Crippen LogP contribution in [0, 0.1) is 0 Å². The number of rotatable bonds is 5. The molecule has 0 unspecified atom stereocenters. The van der Waals surface area contributed by atoms with Crippen molar-refractivity contribution in [1.82, 2.24) is 4.72 Å². The van der Waals surface area contributed by atoms with E-state index in [2.05, 4.69) is 10.0 Å². The van der Waals surface area contributed by atoms with Gasteiger partial charge in [-0.05, 0) is 43.3 Å². The molecule has 6 nitrogen and oxygen atoms in total. The second-order valence-electron chi connectivity index (χ2n) is 5.74. The Bertz CT molecular complexity index is 974. The van der Waals surface area contributed by atoms with E-state index in [-0.39, 0.29) is 10.8 Å². The number of carbonyl (C=O) groups is 1. The Labute approximate surface area is 145 Å². The SMILES string of the molecule is CC(=O)Nc1ccc(S(=O)(=O)N[C@@H](C)c2cc3ccccc3o2)cc1. The lowest BCUT2D eigenvalue weighted by Crippen LogP contribution is -2.26. The second kappa shape index (κ2) is 6.70. The quantitative estimate of drug-likeness (QED) is 0.731. The van der Waals surface area contributed by atoms with Crippen LogP contribution >= 0.6 is 0 Å². The molecule has 0 fully saturated rings. The second-order valence-corrected chi connectivity index (χ2v) is 7.45. The molecule has 7 heteroatoms. The van der Waals surface area contributed by atoms with E-state index in [1.807, 2.05) is 30.3 Å². The normalized spacial score (nSPS) is 12.9. The van der Waals surface area contributed by atoms with Crippen LogP contribution < -0.4 is 10.0 Å². The van der Waals surface area contributed by atoms with Crippen LogP contribution in [0.4, 0.5) is 5.69 Å². The lowest BCUT2D eigenvalue weighted by molar-refractivity contribution is -0.114. The Morgan fingerprint density at radius 1 is 1.08 bits per heavy atom. The van der Waals surface area contributed by atoms with Gasteiger partial charge in [-0.25, -0.2) is 13.1 Å². The Balaban J connectivity index is 1.79. The van der Waals surface area contributed by atoms with Gasteiger partial charge in [0, 0.05) is 18.0 Å². The Morgan fingerprint density at radius 2 is 1.76 bits per heavy atom. The van der Waals surface area contributed by atoms with Crippen LogP contribution in [0.15, 0.2) is 63.9 Å². The number of carbonyl (C=O) groups excluding carboxylic acids is 1. The van der Waals surface area contributed by atoms with E-state index in [0.717, 1.165) is 5.39 Å². The first-order valence-corrected chi connectivity index (χ1v) is 9.22. The van der Waals surface area contributed by atoms with Crippen molar-refractivity contribution in [2.24, 2.45) is 0 Å². The van der Waals surface area contributed by atoms with Gasteiger partial charge in [0.25, 0.3) is 0 Å². The van der Waals surface area contributed by atoms with Gasteiger partial charge in [-0.15, -0.1) is 0 Å². The molecule has 3 rings (SSSR count). The number of hydrogen-bond donors (Lipinski definition) is 2. The van der Waals surface area contributed by atoms with Crippen molar-refractivity contribution in [3.63, 3.8) is 0 Å². The zero-order chi connectivity index (χ0) is 18.0. The van der Waals surface area contributed by atoms with Crippen molar-refractivity contribution in [2.45, 2.75) is 24.8 Å². The van der Waals surface area contributed by atoms with Crippen molar-refractivity contribution in [1.29, 1.82) is 0 Å². The Morgan fingerprint density at radius 3 is 2.40 bits per heavy atom. The van der Waals surface area contributed by atoms with Crippen LogP contribution in [0.2, 0.25) is 0 Å². The number of nitrogens with one attached hydrogen (secondary N) is 2. The summed E-state index contributed by atoms with van der Waals surface area (Å²) in [5, 5.41) is 3.52. The molecule has 0 spiro atoms. The molecule has 3 aromatic rings. The van der Waals surface area contributed by atoms with Gasteiger partial charge in [-0.1, -0.05) is 18.2 Å². The molecule has 0 aliphatic carbocycles. The summed E-state index contributed by atoms with van der Waals surface area (Å²) in [4.78, 5) is 11.1. The van der Waals surface area contributed by atoms with Crippen molar-refractivity contribution < 1.29 is 17.6 Å². The smallest absolute Gasteiger partial charge is 0.241 e. The number of benzene rings is 2. The van der Waals surface area contributed by atoms with Crippen molar-refractivity contribution in [2.75, 3.05) is 5.32 Å². The van der Waals surface area contributed by atoms with Crippen molar-refractivity contribution in [3.8, 4) is 0 Å². The molecule has 2 N–H and O–H groups in total. The molecule has 0 saturated heterocycles. The van der Waals surface area contributed by atoms with Crippen LogP contribution in [0.25, 0.3) is 11.0 Å². The van der Waals surface area contributed by atoms with Gasteiger partial charge in [0.1, 0.15) is 11.3 Å². The number of para-hydroxylation sites is 1. The van der Waals surface area contributed by atoms with Gasteiger partial charge in [-0.3, -0.25) is 4.79 Å². The Kier molecular flexibility index (Phi) is 4.61. The van der Waals surface area contributed by atoms with Gasteiger partial charge in [0.05, 0.1) is 10.9 Å².